The van der Waals surface area contributed by atoms with Gasteiger partial charge in [0.15, 0.2) is 0 Å². The fourth-order valence-corrected chi connectivity index (χ4v) is 3.46. The van der Waals surface area contributed by atoms with Crippen molar-refractivity contribution in [3.05, 3.63) is 65.7 Å². The minimum absolute atomic E-state index is 0.0381. The summed E-state index contributed by atoms with van der Waals surface area (Å²) in [6, 6.07) is 17.3. The van der Waals surface area contributed by atoms with Crippen molar-refractivity contribution < 1.29 is 9.59 Å². The van der Waals surface area contributed by atoms with E-state index in [0.717, 1.165) is 37.2 Å². The van der Waals surface area contributed by atoms with E-state index in [1.165, 1.54) is 0 Å². The molecule has 1 fully saturated rings. The molecule has 0 aromatic heterocycles. The first-order valence-corrected chi connectivity index (χ1v) is 9.94. The van der Waals surface area contributed by atoms with Crippen LogP contribution in [0.3, 0.4) is 0 Å². The Hall–Kier alpha value is -2.82. The maximum Gasteiger partial charge on any atom is 0.253 e. The van der Waals surface area contributed by atoms with Crippen LogP contribution in [-0.2, 0) is 11.3 Å². The summed E-state index contributed by atoms with van der Waals surface area (Å²) in [5, 5.41) is 3.17. The van der Waals surface area contributed by atoms with Crippen molar-refractivity contribution in [2.45, 2.75) is 26.3 Å². The smallest absolute Gasteiger partial charge is 0.253 e. The number of rotatable bonds is 6. The van der Waals surface area contributed by atoms with Gasteiger partial charge in [-0.1, -0.05) is 43.3 Å². The van der Waals surface area contributed by atoms with E-state index in [1.807, 2.05) is 59.5 Å². The van der Waals surface area contributed by atoms with Gasteiger partial charge in [-0.2, -0.15) is 0 Å². The first-order chi connectivity index (χ1) is 13.5. The summed E-state index contributed by atoms with van der Waals surface area (Å²) in [6.07, 6.45) is 2.15. The second kappa shape index (κ2) is 9.40. The van der Waals surface area contributed by atoms with Gasteiger partial charge in [-0.15, -0.1) is 0 Å². The van der Waals surface area contributed by atoms with Gasteiger partial charge in [0.25, 0.3) is 5.91 Å². The van der Waals surface area contributed by atoms with Crippen LogP contribution in [0.1, 0.15) is 35.7 Å². The van der Waals surface area contributed by atoms with E-state index in [2.05, 4.69) is 12.2 Å². The first-order valence-electron chi connectivity index (χ1n) is 9.94. The molecule has 0 saturated carbocycles. The van der Waals surface area contributed by atoms with Crippen LogP contribution >= 0.6 is 0 Å². The van der Waals surface area contributed by atoms with E-state index in [4.69, 9.17) is 0 Å². The fraction of sp³-hybridized carbons (Fsp3) is 0.391. The van der Waals surface area contributed by atoms with Crippen LogP contribution in [0, 0.1) is 5.92 Å². The lowest BCUT2D eigenvalue weighted by Gasteiger charge is -2.30. The van der Waals surface area contributed by atoms with Crippen molar-refractivity contribution in [1.29, 1.82) is 0 Å². The quantitative estimate of drug-likeness (QED) is 0.834. The zero-order chi connectivity index (χ0) is 19.9. The molecule has 0 spiro atoms. The molecule has 1 aliphatic rings. The molecule has 5 nitrogen and oxygen atoms in total. The molecule has 0 unspecified atom stereocenters. The third-order valence-electron chi connectivity index (χ3n) is 5.30. The van der Waals surface area contributed by atoms with Gasteiger partial charge in [0.1, 0.15) is 0 Å². The first kappa shape index (κ1) is 19.9. The third kappa shape index (κ3) is 5.35. The molecular weight excluding hydrogens is 350 g/mol. The zero-order valence-corrected chi connectivity index (χ0v) is 16.7. The highest BCUT2D eigenvalue weighted by atomic mass is 16.2. The number of likely N-dealkylation sites (tertiary alicyclic amines) is 1. The average molecular weight is 380 g/mol. The zero-order valence-electron chi connectivity index (χ0n) is 16.7. The molecule has 5 heteroatoms. The molecule has 28 heavy (non-hydrogen) atoms. The number of anilines is 1. The minimum Gasteiger partial charge on any atom is -0.376 e. The summed E-state index contributed by atoms with van der Waals surface area (Å²) < 4.78 is 0. The number of hydrogen-bond donors (Lipinski definition) is 1. The van der Waals surface area contributed by atoms with Crippen molar-refractivity contribution >= 4 is 17.5 Å². The maximum atomic E-state index is 12.7. The molecule has 1 saturated heterocycles. The Kier molecular flexibility index (Phi) is 6.69. The van der Waals surface area contributed by atoms with Crippen molar-refractivity contribution in [2.24, 2.45) is 5.92 Å². The lowest BCUT2D eigenvalue weighted by Crippen LogP contribution is -2.40. The number of nitrogens with one attached hydrogen (secondary N) is 1. The third-order valence-corrected chi connectivity index (χ3v) is 5.30. The van der Waals surface area contributed by atoms with Crippen LogP contribution < -0.4 is 5.32 Å². The molecule has 2 aromatic rings. The van der Waals surface area contributed by atoms with Gasteiger partial charge >= 0.3 is 0 Å². The molecule has 0 bridgehead atoms. The van der Waals surface area contributed by atoms with Gasteiger partial charge in [-0.3, -0.25) is 9.59 Å². The second-order valence-corrected chi connectivity index (χ2v) is 7.64. The van der Waals surface area contributed by atoms with Gasteiger partial charge in [0.05, 0.1) is 6.54 Å². The van der Waals surface area contributed by atoms with E-state index in [-0.39, 0.29) is 18.4 Å². The summed E-state index contributed by atoms with van der Waals surface area (Å²) in [7, 11) is 1.80. The molecule has 2 aromatic carbocycles. The Bertz CT molecular complexity index is 799. The number of carbonyl (C=O) groups excluding carboxylic acids is 2. The molecule has 3 rings (SSSR count). The van der Waals surface area contributed by atoms with Crippen LogP contribution in [0.4, 0.5) is 5.69 Å². The van der Waals surface area contributed by atoms with Crippen LogP contribution in [0.25, 0.3) is 0 Å². The van der Waals surface area contributed by atoms with E-state index >= 15 is 0 Å². The van der Waals surface area contributed by atoms with Crippen molar-refractivity contribution in [3.8, 4) is 0 Å². The molecule has 0 aliphatic carbocycles. The molecule has 1 heterocycles. The summed E-state index contributed by atoms with van der Waals surface area (Å²) >= 11 is 0. The molecule has 1 N–H and O–H groups in total. The molecule has 0 atom stereocenters. The van der Waals surface area contributed by atoms with E-state index < -0.39 is 0 Å². The van der Waals surface area contributed by atoms with Gasteiger partial charge < -0.3 is 15.1 Å². The molecule has 148 valence electrons. The summed E-state index contributed by atoms with van der Waals surface area (Å²) in [6.45, 7) is 4.72. The SMILES string of the molecule is CC1CCN(C(=O)CNc2cccc(C(=O)N(C)Cc3ccccc3)c2)CC1. The van der Waals surface area contributed by atoms with E-state index in [0.29, 0.717) is 18.0 Å². The van der Waals surface area contributed by atoms with Crippen LogP contribution in [0.5, 0.6) is 0 Å². The predicted molar refractivity (Wildman–Crippen MR) is 112 cm³/mol. The number of hydrogen-bond acceptors (Lipinski definition) is 3. The number of piperidine rings is 1. The van der Waals surface area contributed by atoms with Crippen LogP contribution in [0.15, 0.2) is 54.6 Å². The van der Waals surface area contributed by atoms with Crippen LogP contribution in [0.2, 0.25) is 0 Å². The van der Waals surface area contributed by atoms with Gasteiger partial charge in [-0.05, 0) is 42.5 Å². The largest absolute Gasteiger partial charge is 0.376 e. The highest BCUT2D eigenvalue weighted by Crippen LogP contribution is 2.17. The van der Waals surface area contributed by atoms with Crippen molar-refractivity contribution in [2.75, 3.05) is 32.0 Å². The Morgan fingerprint density at radius 2 is 1.79 bits per heavy atom. The lowest BCUT2D eigenvalue weighted by molar-refractivity contribution is -0.130. The van der Waals surface area contributed by atoms with Gasteiger partial charge in [-0.25, -0.2) is 0 Å². The summed E-state index contributed by atoms with van der Waals surface area (Å²) in [4.78, 5) is 28.8. The van der Waals surface area contributed by atoms with Crippen molar-refractivity contribution in [1.82, 2.24) is 9.80 Å². The number of benzene rings is 2. The van der Waals surface area contributed by atoms with Gasteiger partial charge in [0, 0.05) is 37.9 Å². The minimum atomic E-state index is -0.0381. The van der Waals surface area contributed by atoms with Crippen LogP contribution in [-0.4, -0.2) is 48.3 Å². The molecule has 2 amide bonds. The fourth-order valence-electron chi connectivity index (χ4n) is 3.46. The Morgan fingerprint density at radius 3 is 2.50 bits per heavy atom. The highest BCUT2D eigenvalue weighted by Gasteiger charge is 2.20. The molecular formula is C23H29N3O2. The number of amides is 2. The summed E-state index contributed by atoms with van der Waals surface area (Å²) in [5.74, 6) is 0.779. The topological polar surface area (TPSA) is 52.7 Å². The summed E-state index contributed by atoms with van der Waals surface area (Å²) in [5.41, 5.74) is 2.49. The van der Waals surface area contributed by atoms with E-state index in [9.17, 15) is 9.59 Å². The maximum absolute atomic E-state index is 12.7. The Labute approximate surface area is 167 Å². The predicted octanol–water partition coefficient (Wildman–Crippen LogP) is 3.63. The normalized spacial score (nSPS) is 14.6. The van der Waals surface area contributed by atoms with Gasteiger partial charge in [0.2, 0.25) is 5.91 Å². The monoisotopic (exact) mass is 379 g/mol. The Balaban J connectivity index is 1.55. The standard InChI is InChI=1S/C23H29N3O2/c1-18-11-13-26(14-12-18)22(27)16-24-21-10-6-9-20(15-21)23(28)25(2)17-19-7-4-3-5-8-19/h3-10,15,18,24H,11-14,16-17H2,1-2H3. The highest BCUT2D eigenvalue weighted by molar-refractivity contribution is 5.95. The van der Waals surface area contributed by atoms with E-state index in [1.54, 1.807) is 11.9 Å². The Morgan fingerprint density at radius 1 is 1.07 bits per heavy atom. The molecule has 1 aliphatic heterocycles. The van der Waals surface area contributed by atoms with Crippen molar-refractivity contribution in [3.63, 3.8) is 0 Å². The number of nitrogens with zero attached hydrogens (tertiary/aromatic N) is 2. The second-order valence-electron chi connectivity index (χ2n) is 7.64. The average Bonchev–Trinajstić information content (AvgIpc) is 2.73. The molecule has 0 radical (unpaired) electrons. The lowest BCUT2D eigenvalue weighted by atomic mass is 9.99. The number of carbonyl (C=O) groups is 2.